The quantitative estimate of drug-likeness (QED) is 0.292. The summed E-state index contributed by atoms with van der Waals surface area (Å²) in [6.07, 6.45) is 1.85. The first-order valence-corrected chi connectivity index (χ1v) is 13.3. The Labute approximate surface area is 216 Å². The van der Waals surface area contributed by atoms with Gasteiger partial charge in [-0.3, -0.25) is 9.69 Å². The Hall–Kier alpha value is -3.42. The van der Waals surface area contributed by atoms with E-state index in [1.807, 2.05) is 61.2 Å². The lowest BCUT2D eigenvalue weighted by Gasteiger charge is -2.30. The van der Waals surface area contributed by atoms with Crippen LogP contribution in [-0.2, 0) is 17.1 Å². The number of carbonyl (C=O) groups excluding carboxylic acids is 1. The average Bonchev–Trinajstić information content (AvgIpc) is 3.37. The minimum atomic E-state index is -0.0641. The summed E-state index contributed by atoms with van der Waals surface area (Å²) in [5, 5.41) is 7.27. The van der Waals surface area contributed by atoms with Gasteiger partial charge in [0, 0.05) is 28.4 Å². The zero-order valence-electron chi connectivity index (χ0n) is 20.4. The van der Waals surface area contributed by atoms with Gasteiger partial charge in [-0.2, -0.15) is 4.98 Å². The summed E-state index contributed by atoms with van der Waals surface area (Å²) in [5.41, 5.74) is 4.16. The van der Waals surface area contributed by atoms with Crippen LogP contribution in [0.15, 0.2) is 88.3 Å². The number of rotatable bonds is 8. The highest BCUT2D eigenvalue weighted by Gasteiger charge is 2.27. The molecule has 1 aliphatic rings. The van der Waals surface area contributed by atoms with Crippen LogP contribution in [0.5, 0.6) is 0 Å². The number of hydrogen-bond donors (Lipinski definition) is 1. The molecule has 5 rings (SSSR count). The van der Waals surface area contributed by atoms with Crippen molar-refractivity contribution in [3.63, 3.8) is 0 Å². The maximum atomic E-state index is 13.0. The summed E-state index contributed by atoms with van der Waals surface area (Å²) >= 11 is 1.81. The Morgan fingerprint density at radius 3 is 2.64 bits per heavy atom. The first-order valence-electron chi connectivity index (χ1n) is 12.3. The Balaban J connectivity index is 1.13. The largest absolute Gasteiger partial charge is 0.338 e. The molecule has 1 aliphatic heterocycles. The molecule has 4 aromatic rings. The van der Waals surface area contributed by atoms with Gasteiger partial charge in [0.25, 0.3) is 0 Å². The number of nitrogens with zero attached hydrogens (tertiary/aromatic N) is 3. The monoisotopic (exact) mass is 498 g/mol. The molecule has 3 aromatic carbocycles. The fraction of sp³-hybridized carbons (Fsp3) is 0.276. The van der Waals surface area contributed by atoms with E-state index in [1.165, 1.54) is 10.5 Å². The van der Waals surface area contributed by atoms with Crippen LogP contribution < -0.4 is 5.32 Å². The van der Waals surface area contributed by atoms with Crippen molar-refractivity contribution in [1.82, 2.24) is 15.0 Å². The van der Waals surface area contributed by atoms with Crippen LogP contribution in [0.2, 0.25) is 0 Å². The van der Waals surface area contributed by atoms with Crippen LogP contribution >= 0.6 is 11.8 Å². The molecule has 0 aliphatic carbocycles. The molecule has 1 unspecified atom stereocenters. The number of piperidine rings is 1. The average molecular weight is 499 g/mol. The smallest absolute Gasteiger partial charge is 0.241 e. The lowest BCUT2D eigenvalue weighted by molar-refractivity contribution is -0.121. The predicted octanol–water partition coefficient (Wildman–Crippen LogP) is 6.19. The van der Waals surface area contributed by atoms with Crippen molar-refractivity contribution in [2.45, 2.75) is 37.0 Å². The molecule has 36 heavy (non-hydrogen) atoms. The van der Waals surface area contributed by atoms with Gasteiger partial charge < -0.3 is 9.84 Å². The van der Waals surface area contributed by atoms with E-state index in [9.17, 15) is 4.79 Å². The molecule has 0 spiro atoms. The van der Waals surface area contributed by atoms with E-state index >= 15 is 0 Å². The van der Waals surface area contributed by atoms with Crippen molar-refractivity contribution in [2.75, 3.05) is 18.4 Å². The third-order valence-corrected chi connectivity index (χ3v) is 7.54. The maximum Gasteiger partial charge on any atom is 0.241 e. The standard InChI is InChI=1S/C29H30N4O2S/c1-21-8-5-6-12-26(21)28-31-27(35-32-28)19-33-17-7-9-23(18-33)29(34)30-24-15-13-22(14-16-24)20-36-25-10-3-2-4-11-25/h2-6,8,10-16,23H,7,9,17-20H2,1H3,(H,30,34). The third kappa shape index (κ3) is 6.22. The number of amides is 1. The second-order valence-corrected chi connectivity index (χ2v) is 10.2. The second kappa shape index (κ2) is 11.5. The highest BCUT2D eigenvalue weighted by molar-refractivity contribution is 7.98. The molecule has 184 valence electrons. The van der Waals surface area contributed by atoms with Crippen molar-refractivity contribution in [3.8, 4) is 11.4 Å². The fourth-order valence-corrected chi connectivity index (χ4v) is 5.34. The number of benzene rings is 3. The van der Waals surface area contributed by atoms with Gasteiger partial charge in [-0.15, -0.1) is 11.8 Å². The predicted molar refractivity (Wildman–Crippen MR) is 144 cm³/mol. The molecular formula is C29H30N4O2S. The van der Waals surface area contributed by atoms with Crippen molar-refractivity contribution in [3.05, 3.63) is 95.9 Å². The number of nitrogens with one attached hydrogen (secondary N) is 1. The van der Waals surface area contributed by atoms with E-state index in [0.717, 1.165) is 42.0 Å². The summed E-state index contributed by atoms with van der Waals surface area (Å²) in [4.78, 5) is 21.1. The SMILES string of the molecule is Cc1ccccc1-c1noc(CN2CCCC(C(=O)Nc3ccc(CSc4ccccc4)cc3)C2)n1. The van der Waals surface area contributed by atoms with Crippen molar-refractivity contribution >= 4 is 23.4 Å². The van der Waals surface area contributed by atoms with Crippen LogP contribution in [0.3, 0.4) is 0 Å². The number of aromatic nitrogens is 2. The zero-order chi connectivity index (χ0) is 24.7. The molecule has 1 saturated heterocycles. The van der Waals surface area contributed by atoms with Crippen LogP contribution in [0.25, 0.3) is 11.4 Å². The lowest BCUT2D eigenvalue weighted by Crippen LogP contribution is -2.40. The minimum absolute atomic E-state index is 0.0641. The number of anilines is 1. The van der Waals surface area contributed by atoms with Crippen molar-refractivity contribution in [1.29, 1.82) is 0 Å². The molecule has 1 N–H and O–H groups in total. The fourth-order valence-electron chi connectivity index (χ4n) is 4.47. The second-order valence-electron chi connectivity index (χ2n) is 9.19. The molecule has 0 bridgehead atoms. The summed E-state index contributed by atoms with van der Waals surface area (Å²) in [6.45, 7) is 4.19. The summed E-state index contributed by atoms with van der Waals surface area (Å²) in [5.74, 6) is 2.10. The number of likely N-dealkylation sites (tertiary alicyclic amines) is 1. The van der Waals surface area contributed by atoms with Gasteiger partial charge in [0.15, 0.2) is 0 Å². The molecule has 6 nitrogen and oxygen atoms in total. The van der Waals surface area contributed by atoms with E-state index in [-0.39, 0.29) is 11.8 Å². The molecule has 0 radical (unpaired) electrons. The van der Waals surface area contributed by atoms with Crippen LogP contribution in [-0.4, -0.2) is 34.0 Å². The first-order chi connectivity index (χ1) is 17.6. The molecule has 1 aromatic heterocycles. The Bertz CT molecular complexity index is 1290. The lowest BCUT2D eigenvalue weighted by atomic mass is 9.97. The molecule has 1 atom stereocenters. The normalized spacial score (nSPS) is 16.1. The number of thioether (sulfide) groups is 1. The molecular weight excluding hydrogens is 468 g/mol. The zero-order valence-corrected chi connectivity index (χ0v) is 21.2. The van der Waals surface area contributed by atoms with E-state index in [4.69, 9.17) is 4.52 Å². The van der Waals surface area contributed by atoms with Gasteiger partial charge in [-0.25, -0.2) is 0 Å². The van der Waals surface area contributed by atoms with E-state index in [1.54, 1.807) is 0 Å². The Morgan fingerprint density at radius 2 is 1.83 bits per heavy atom. The van der Waals surface area contributed by atoms with Gasteiger partial charge in [-0.05, 0) is 61.7 Å². The van der Waals surface area contributed by atoms with Crippen LogP contribution in [0, 0.1) is 12.8 Å². The van der Waals surface area contributed by atoms with Crippen molar-refractivity contribution in [2.24, 2.45) is 5.92 Å². The van der Waals surface area contributed by atoms with Gasteiger partial charge in [0.2, 0.25) is 17.6 Å². The highest BCUT2D eigenvalue weighted by Crippen LogP contribution is 2.25. The molecule has 2 heterocycles. The van der Waals surface area contributed by atoms with Gasteiger partial charge in [0.05, 0.1) is 12.5 Å². The Kier molecular flexibility index (Phi) is 7.79. The number of aryl methyl sites for hydroxylation is 1. The van der Waals surface area contributed by atoms with Crippen LogP contribution in [0.1, 0.15) is 29.9 Å². The highest BCUT2D eigenvalue weighted by atomic mass is 32.2. The number of hydrogen-bond acceptors (Lipinski definition) is 6. The maximum absolute atomic E-state index is 13.0. The van der Waals surface area contributed by atoms with E-state index in [2.05, 4.69) is 56.8 Å². The van der Waals surface area contributed by atoms with Crippen molar-refractivity contribution < 1.29 is 9.32 Å². The Morgan fingerprint density at radius 1 is 1.06 bits per heavy atom. The van der Waals surface area contributed by atoms with Gasteiger partial charge in [0.1, 0.15) is 0 Å². The summed E-state index contributed by atoms with van der Waals surface area (Å²) < 4.78 is 5.52. The first kappa shape index (κ1) is 24.3. The molecule has 7 heteroatoms. The third-order valence-electron chi connectivity index (χ3n) is 6.46. The van der Waals surface area contributed by atoms with Gasteiger partial charge in [-0.1, -0.05) is 59.8 Å². The van der Waals surface area contributed by atoms with E-state index in [0.29, 0.717) is 24.8 Å². The van der Waals surface area contributed by atoms with Crippen LogP contribution in [0.4, 0.5) is 5.69 Å². The topological polar surface area (TPSA) is 71.3 Å². The number of carbonyl (C=O) groups is 1. The van der Waals surface area contributed by atoms with E-state index < -0.39 is 0 Å². The molecule has 0 saturated carbocycles. The summed E-state index contributed by atoms with van der Waals surface area (Å²) in [7, 11) is 0. The molecule has 1 amide bonds. The van der Waals surface area contributed by atoms with Gasteiger partial charge >= 0.3 is 0 Å². The molecule has 1 fully saturated rings. The summed E-state index contributed by atoms with van der Waals surface area (Å²) in [6, 6.07) is 26.5. The minimum Gasteiger partial charge on any atom is -0.338 e.